The number of rotatable bonds is 7. The number of methoxy groups -OCH3 is 1. The Morgan fingerprint density at radius 2 is 1.98 bits per heavy atom. The second-order valence-corrected chi connectivity index (χ2v) is 11.3. The SMILES string of the molecule is COc1ccncc1-c1nccc(C(=O)Nc2nc3cc(CN4CCOCC4)ccc3n2C2CCC(C)(O)CC2)c1F. The number of hydrogen-bond acceptors (Lipinski definition) is 8. The highest BCUT2D eigenvalue weighted by Crippen LogP contribution is 2.39. The molecule has 42 heavy (non-hydrogen) atoms. The minimum absolute atomic E-state index is 0.0214. The Bertz CT molecular complexity index is 1590. The van der Waals surface area contributed by atoms with Crippen molar-refractivity contribution in [2.45, 2.75) is 50.8 Å². The number of imidazole rings is 1. The number of nitrogens with one attached hydrogen (secondary N) is 1. The molecule has 2 fully saturated rings. The number of amides is 1. The third kappa shape index (κ3) is 5.72. The van der Waals surface area contributed by atoms with Crippen molar-refractivity contribution in [1.29, 1.82) is 0 Å². The summed E-state index contributed by atoms with van der Waals surface area (Å²) in [5, 5.41) is 13.5. The maximum absolute atomic E-state index is 15.8. The molecular weight excluding hydrogens is 539 g/mol. The molecule has 2 aliphatic rings. The van der Waals surface area contributed by atoms with E-state index in [1.54, 1.807) is 6.07 Å². The molecule has 1 saturated heterocycles. The molecule has 0 atom stereocenters. The third-order valence-electron chi connectivity index (χ3n) is 8.28. The summed E-state index contributed by atoms with van der Waals surface area (Å²) < 4.78 is 28.6. The molecule has 0 bridgehead atoms. The zero-order chi connectivity index (χ0) is 29.3. The van der Waals surface area contributed by atoms with Gasteiger partial charge in [-0.2, -0.15) is 0 Å². The highest BCUT2D eigenvalue weighted by molar-refractivity contribution is 6.05. The number of morpholine rings is 1. The molecule has 6 rings (SSSR count). The smallest absolute Gasteiger partial charge is 0.261 e. The molecule has 0 unspecified atom stereocenters. The van der Waals surface area contributed by atoms with E-state index in [1.165, 1.54) is 31.8 Å². The molecule has 10 nitrogen and oxygen atoms in total. The van der Waals surface area contributed by atoms with Crippen LogP contribution < -0.4 is 10.1 Å². The van der Waals surface area contributed by atoms with Crippen LogP contribution in [-0.4, -0.2) is 74.4 Å². The third-order valence-corrected chi connectivity index (χ3v) is 8.28. The first-order valence-corrected chi connectivity index (χ1v) is 14.3. The van der Waals surface area contributed by atoms with Crippen molar-refractivity contribution in [2.75, 3.05) is 38.7 Å². The maximum atomic E-state index is 15.8. The molecule has 220 valence electrons. The van der Waals surface area contributed by atoms with Crippen LogP contribution in [0.3, 0.4) is 0 Å². The summed E-state index contributed by atoms with van der Waals surface area (Å²) in [5.74, 6) is -0.656. The molecule has 4 aromatic rings. The molecule has 1 aliphatic heterocycles. The van der Waals surface area contributed by atoms with Gasteiger partial charge in [-0.3, -0.25) is 25.0 Å². The standard InChI is InChI=1S/C31H35FN6O4/c1-31(40)9-5-21(6-10-31)38-25-4-3-20(19-37-13-15-42-16-14-37)17-24(25)35-30(38)36-29(39)22-7-12-34-28(27(22)32)23-18-33-11-8-26(23)41-2/h3-4,7-8,11-12,17-18,21,40H,5-6,9-10,13-16,19H2,1-2H3,(H,35,36,39). The number of aliphatic hydroxyl groups is 1. The molecule has 11 heteroatoms. The number of ether oxygens (including phenoxy) is 2. The zero-order valence-corrected chi connectivity index (χ0v) is 23.8. The van der Waals surface area contributed by atoms with E-state index in [2.05, 4.69) is 32.3 Å². The van der Waals surface area contributed by atoms with Crippen molar-refractivity contribution in [2.24, 2.45) is 0 Å². The number of anilines is 1. The summed E-state index contributed by atoms with van der Waals surface area (Å²) in [7, 11) is 1.48. The van der Waals surface area contributed by atoms with E-state index in [0.717, 1.165) is 62.3 Å². The van der Waals surface area contributed by atoms with Gasteiger partial charge in [0.2, 0.25) is 5.95 Å². The lowest BCUT2D eigenvalue weighted by molar-refractivity contribution is 0.0106. The summed E-state index contributed by atoms with van der Waals surface area (Å²) >= 11 is 0. The molecule has 4 heterocycles. The Balaban J connectivity index is 1.34. The minimum Gasteiger partial charge on any atom is -0.496 e. The predicted molar refractivity (Wildman–Crippen MR) is 156 cm³/mol. The number of halogens is 1. The van der Waals surface area contributed by atoms with Gasteiger partial charge in [-0.15, -0.1) is 0 Å². The van der Waals surface area contributed by atoms with Gasteiger partial charge in [-0.25, -0.2) is 9.37 Å². The Morgan fingerprint density at radius 3 is 2.74 bits per heavy atom. The fraction of sp³-hybridized carbons (Fsp3) is 0.419. The Morgan fingerprint density at radius 1 is 1.19 bits per heavy atom. The van der Waals surface area contributed by atoms with Crippen molar-refractivity contribution < 1.29 is 23.8 Å². The number of pyridine rings is 2. The van der Waals surface area contributed by atoms with Crippen LogP contribution in [0.25, 0.3) is 22.3 Å². The summed E-state index contributed by atoms with van der Waals surface area (Å²) in [6, 6.07) is 9.17. The van der Waals surface area contributed by atoms with Gasteiger partial charge < -0.3 is 19.1 Å². The van der Waals surface area contributed by atoms with Crippen LogP contribution in [0, 0.1) is 5.82 Å². The van der Waals surface area contributed by atoms with Crippen molar-refractivity contribution in [3.05, 3.63) is 65.9 Å². The van der Waals surface area contributed by atoms with Gasteiger partial charge in [0, 0.05) is 44.3 Å². The van der Waals surface area contributed by atoms with Crippen LogP contribution >= 0.6 is 0 Å². The lowest BCUT2D eigenvalue weighted by atomic mass is 9.83. The maximum Gasteiger partial charge on any atom is 0.261 e. The average molecular weight is 575 g/mol. The molecule has 3 aromatic heterocycles. The predicted octanol–water partition coefficient (Wildman–Crippen LogP) is 4.59. The van der Waals surface area contributed by atoms with E-state index < -0.39 is 17.3 Å². The normalized spacial score (nSPS) is 21.4. The molecule has 1 aromatic carbocycles. The van der Waals surface area contributed by atoms with Crippen LogP contribution in [-0.2, 0) is 11.3 Å². The highest BCUT2D eigenvalue weighted by Gasteiger charge is 2.32. The van der Waals surface area contributed by atoms with E-state index in [-0.39, 0.29) is 17.3 Å². The van der Waals surface area contributed by atoms with Crippen LogP contribution in [0.4, 0.5) is 10.3 Å². The van der Waals surface area contributed by atoms with E-state index in [0.29, 0.717) is 30.1 Å². The van der Waals surface area contributed by atoms with Crippen LogP contribution in [0.1, 0.15) is 54.6 Å². The zero-order valence-electron chi connectivity index (χ0n) is 23.8. The fourth-order valence-corrected chi connectivity index (χ4v) is 5.91. The second kappa shape index (κ2) is 11.7. The lowest BCUT2D eigenvalue weighted by Crippen LogP contribution is -2.35. The number of fused-ring (bicyclic) bond motifs is 1. The molecular formula is C31H35FN6O4. The number of hydrogen-bond donors (Lipinski definition) is 2. The number of benzene rings is 1. The van der Waals surface area contributed by atoms with Crippen LogP contribution in [0.5, 0.6) is 5.75 Å². The second-order valence-electron chi connectivity index (χ2n) is 11.3. The Hall–Kier alpha value is -3.93. The first-order valence-electron chi connectivity index (χ1n) is 14.3. The number of aromatic nitrogens is 4. The van der Waals surface area contributed by atoms with Gasteiger partial charge in [-0.1, -0.05) is 6.07 Å². The first kappa shape index (κ1) is 28.2. The van der Waals surface area contributed by atoms with E-state index in [1.807, 2.05) is 17.6 Å². The van der Waals surface area contributed by atoms with Crippen molar-refractivity contribution in [3.8, 4) is 17.0 Å². The molecule has 1 amide bonds. The molecule has 0 spiro atoms. The Labute approximate surface area is 243 Å². The summed E-state index contributed by atoms with van der Waals surface area (Å²) in [6.07, 6.45) is 7.11. The number of carbonyl (C=O) groups is 1. The van der Waals surface area contributed by atoms with E-state index in [4.69, 9.17) is 14.5 Å². The topological polar surface area (TPSA) is 115 Å². The highest BCUT2D eigenvalue weighted by atomic mass is 19.1. The van der Waals surface area contributed by atoms with Crippen LogP contribution in [0.2, 0.25) is 0 Å². The summed E-state index contributed by atoms with van der Waals surface area (Å²) in [4.78, 5) is 29.0. The quantitative estimate of drug-likeness (QED) is 0.330. The Kier molecular flexibility index (Phi) is 7.89. The summed E-state index contributed by atoms with van der Waals surface area (Å²) in [5.41, 5.74) is 2.21. The monoisotopic (exact) mass is 574 g/mol. The largest absolute Gasteiger partial charge is 0.496 e. The van der Waals surface area contributed by atoms with Gasteiger partial charge in [0.1, 0.15) is 11.4 Å². The molecule has 0 radical (unpaired) electrons. The van der Waals surface area contributed by atoms with E-state index in [9.17, 15) is 9.90 Å². The van der Waals surface area contributed by atoms with Gasteiger partial charge in [0.25, 0.3) is 5.91 Å². The van der Waals surface area contributed by atoms with Gasteiger partial charge >= 0.3 is 0 Å². The lowest BCUT2D eigenvalue weighted by Gasteiger charge is -2.34. The van der Waals surface area contributed by atoms with E-state index >= 15 is 4.39 Å². The van der Waals surface area contributed by atoms with Gasteiger partial charge in [0.15, 0.2) is 5.82 Å². The molecule has 1 aliphatic carbocycles. The average Bonchev–Trinajstić information content (AvgIpc) is 3.34. The molecule has 1 saturated carbocycles. The van der Waals surface area contributed by atoms with Crippen LogP contribution in [0.15, 0.2) is 48.9 Å². The minimum atomic E-state index is -0.773. The molecule has 2 N–H and O–H groups in total. The number of nitrogens with zero attached hydrogens (tertiary/aromatic N) is 5. The van der Waals surface area contributed by atoms with Gasteiger partial charge in [-0.05, 0) is 62.4 Å². The summed E-state index contributed by atoms with van der Waals surface area (Å²) in [6.45, 7) is 5.83. The first-order chi connectivity index (χ1) is 20.3. The van der Waals surface area contributed by atoms with Crippen molar-refractivity contribution in [1.82, 2.24) is 24.4 Å². The van der Waals surface area contributed by atoms with Crippen molar-refractivity contribution >= 4 is 22.9 Å². The number of carbonyl (C=O) groups excluding carboxylic acids is 1. The van der Waals surface area contributed by atoms with Crippen molar-refractivity contribution in [3.63, 3.8) is 0 Å². The fourth-order valence-electron chi connectivity index (χ4n) is 5.91. The van der Waals surface area contributed by atoms with Gasteiger partial charge in [0.05, 0.1) is 48.1 Å².